The van der Waals surface area contributed by atoms with Crippen LogP contribution in [0.1, 0.15) is 25.8 Å². The van der Waals surface area contributed by atoms with E-state index in [-0.39, 0.29) is 18.6 Å². The maximum Gasteiger partial charge on any atom is 0.294 e. The highest BCUT2D eigenvalue weighted by Gasteiger charge is 2.37. The molecule has 3 rings (SSSR count). The molecular weight excluding hydrogens is 380 g/mol. The highest BCUT2D eigenvalue weighted by Crippen LogP contribution is 2.32. The van der Waals surface area contributed by atoms with Crippen molar-refractivity contribution in [1.29, 1.82) is 0 Å². The van der Waals surface area contributed by atoms with Crippen molar-refractivity contribution in [1.82, 2.24) is 9.80 Å². The quantitative estimate of drug-likeness (QED) is 0.679. The summed E-state index contributed by atoms with van der Waals surface area (Å²) < 4.78 is 11.0. The number of morpholine rings is 1. The molecule has 2 aliphatic heterocycles. The Kier molecular flexibility index (Phi) is 6.74. The first-order chi connectivity index (χ1) is 13.5. The maximum atomic E-state index is 12.6. The van der Waals surface area contributed by atoms with Gasteiger partial charge in [-0.15, -0.1) is 0 Å². The van der Waals surface area contributed by atoms with Gasteiger partial charge in [0.25, 0.3) is 11.1 Å². The lowest BCUT2D eigenvalue weighted by atomic mass is 10.2. The van der Waals surface area contributed by atoms with Gasteiger partial charge in [-0.25, -0.2) is 0 Å². The highest BCUT2D eigenvalue weighted by atomic mass is 32.2. The van der Waals surface area contributed by atoms with Crippen LogP contribution in [0.2, 0.25) is 0 Å². The summed E-state index contributed by atoms with van der Waals surface area (Å²) in [5, 5.41) is -0.422. The summed E-state index contributed by atoms with van der Waals surface area (Å²) in [5.41, 5.74) is 0.793. The lowest BCUT2D eigenvalue weighted by molar-refractivity contribution is -0.139. The van der Waals surface area contributed by atoms with Crippen molar-refractivity contribution in [2.24, 2.45) is 0 Å². The van der Waals surface area contributed by atoms with E-state index in [2.05, 4.69) is 6.92 Å². The standard InChI is InChI=1S/C20H24N2O5S/c1-3-14(2)27-16-6-4-15(5-7-16)12-17-19(24)22(20(25)28-17)13-18(23)21-8-10-26-11-9-21/h4-7,12,14H,3,8-11,13H2,1-2H3/b17-12-/t14-/m1/s1. The number of thioether (sulfide) groups is 1. The van der Waals surface area contributed by atoms with E-state index in [1.165, 1.54) is 0 Å². The molecule has 0 unspecified atom stereocenters. The second-order valence-corrected chi connectivity index (χ2v) is 7.66. The third-order valence-electron chi connectivity index (χ3n) is 4.62. The zero-order valence-electron chi connectivity index (χ0n) is 16.1. The van der Waals surface area contributed by atoms with Crippen LogP contribution in [0.3, 0.4) is 0 Å². The van der Waals surface area contributed by atoms with Crippen LogP contribution in [0.4, 0.5) is 4.79 Å². The molecule has 2 fully saturated rings. The normalized spacial score (nSPS) is 20.0. The summed E-state index contributed by atoms with van der Waals surface area (Å²) in [4.78, 5) is 40.1. The van der Waals surface area contributed by atoms with Crippen LogP contribution in [0.25, 0.3) is 6.08 Å². The van der Waals surface area contributed by atoms with Gasteiger partial charge in [-0.2, -0.15) is 0 Å². The molecule has 0 aromatic heterocycles. The predicted molar refractivity (Wildman–Crippen MR) is 107 cm³/mol. The second kappa shape index (κ2) is 9.25. The third kappa shape index (κ3) is 4.94. The van der Waals surface area contributed by atoms with Gasteiger partial charge >= 0.3 is 0 Å². The zero-order chi connectivity index (χ0) is 20.1. The summed E-state index contributed by atoms with van der Waals surface area (Å²) >= 11 is 0.856. The fourth-order valence-corrected chi connectivity index (χ4v) is 3.63. The Labute approximate surface area is 168 Å². The van der Waals surface area contributed by atoms with Crippen LogP contribution in [-0.4, -0.2) is 65.8 Å². The van der Waals surface area contributed by atoms with Gasteiger partial charge in [0, 0.05) is 13.1 Å². The molecule has 150 valence electrons. The van der Waals surface area contributed by atoms with Crippen LogP contribution >= 0.6 is 11.8 Å². The van der Waals surface area contributed by atoms with Crippen LogP contribution in [0.5, 0.6) is 5.75 Å². The molecule has 1 aromatic rings. The van der Waals surface area contributed by atoms with Gasteiger partial charge in [0.1, 0.15) is 12.3 Å². The Balaban J connectivity index is 1.64. The van der Waals surface area contributed by atoms with Gasteiger partial charge in [-0.1, -0.05) is 19.1 Å². The number of carbonyl (C=O) groups excluding carboxylic acids is 3. The SMILES string of the molecule is CC[C@@H](C)Oc1ccc(/C=C2\SC(=O)N(CC(=O)N3CCOCC3)C2=O)cc1. The molecular formula is C20H24N2O5S. The fourth-order valence-electron chi connectivity index (χ4n) is 2.79. The molecule has 8 heteroatoms. The van der Waals surface area contributed by atoms with E-state index in [0.29, 0.717) is 31.2 Å². The first kappa shape index (κ1) is 20.4. The number of hydrogen-bond acceptors (Lipinski definition) is 6. The minimum absolute atomic E-state index is 0.131. The molecule has 1 aromatic carbocycles. The van der Waals surface area contributed by atoms with Gasteiger partial charge in [0.15, 0.2) is 0 Å². The number of nitrogens with zero attached hydrogens (tertiary/aromatic N) is 2. The largest absolute Gasteiger partial charge is 0.491 e. The molecule has 2 aliphatic rings. The van der Waals surface area contributed by atoms with E-state index in [1.807, 2.05) is 31.2 Å². The topological polar surface area (TPSA) is 76.2 Å². The summed E-state index contributed by atoms with van der Waals surface area (Å²) in [6.07, 6.45) is 2.71. The summed E-state index contributed by atoms with van der Waals surface area (Å²) in [6, 6.07) is 7.35. The van der Waals surface area contributed by atoms with Crippen molar-refractivity contribution in [3.8, 4) is 5.75 Å². The Bertz CT molecular complexity index is 771. The second-order valence-electron chi connectivity index (χ2n) is 6.67. The van der Waals surface area contributed by atoms with Gasteiger partial charge in [-0.3, -0.25) is 19.3 Å². The number of benzene rings is 1. The number of amides is 3. The van der Waals surface area contributed by atoms with E-state index in [9.17, 15) is 14.4 Å². The minimum atomic E-state index is -0.434. The van der Waals surface area contributed by atoms with Crippen molar-refractivity contribution in [2.75, 3.05) is 32.8 Å². The van der Waals surface area contributed by atoms with Gasteiger partial charge in [0.2, 0.25) is 5.91 Å². The van der Waals surface area contributed by atoms with Gasteiger partial charge in [-0.05, 0) is 48.9 Å². The molecule has 0 N–H and O–H groups in total. The van der Waals surface area contributed by atoms with E-state index < -0.39 is 11.1 Å². The predicted octanol–water partition coefficient (Wildman–Crippen LogP) is 2.76. The van der Waals surface area contributed by atoms with Crippen LogP contribution < -0.4 is 4.74 Å². The molecule has 0 radical (unpaired) electrons. The molecule has 0 bridgehead atoms. The Morgan fingerprint density at radius 3 is 2.57 bits per heavy atom. The molecule has 2 saturated heterocycles. The van der Waals surface area contributed by atoms with E-state index in [1.54, 1.807) is 11.0 Å². The van der Waals surface area contributed by atoms with Gasteiger partial charge in [0.05, 0.1) is 24.2 Å². The fraction of sp³-hybridized carbons (Fsp3) is 0.450. The molecule has 0 aliphatic carbocycles. The first-order valence-corrected chi connectivity index (χ1v) is 10.2. The molecule has 7 nitrogen and oxygen atoms in total. The van der Waals surface area contributed by atoms with E-state index >= 15 is 0 Å². The van der Waals surface area contributed by atoms with E-state index in [0.717, 1.165) is 34.4 Å². The Morgan fingerprint density at radius 1 is 1.25 bits per heavy atom. The zero-order valence-corrected chi connectivity index (χ0v) is 16.9. The van der Waals surface area contributed by atoms with Crippen molar-refractivity contribution in [3.63, 3.8) is 0 Å². The molecule has 1 atom stereocenters. The number of rotatable bonds is 6. The minimum Gasteiger partial charge on any atom is -0.491 e. The van der Waals surface area contributed by atoms with Crippen molar-refractivity contribution in [2.45, 2.75) is 26.4 Å². The van der Waals surface area contributed by atoms with Crippen LogP contribution in [0, 0.1) is 0 Å². The lowest BCUT2D eigenvalue weighted by Gasteiger charge is -2.28. The monoisotopic (exact) mass is 404 g/mol. The average molecular weight is 404 g/mol. The first-order valence-electron chi connectivity index (χ1n) is 9.35. The number of ether oxygens (including phenoxy) is 2. The smallest absolute Gasteiger partial charge is 0.294 e. The molecule has 2 heterocycles. The third-order valence-corrected chi connectivity index (χ3v) is 5.53. The Hall–Kier alpha value is -2.32. The molecule has 0 spiro atoms. The number of carbonyl (C=O) groups is 3. The summed E-state index contributed by atoms with van der Waals surface area (Å²) in [5.74, 6) is 0.0886. The highest BCUT2D eigenvalue weighted by molar-refractivity contribution is 8.18. The van der Waals surface area contributed by atoms with Crippen LogP contribution in [-0.2, 0) is 14.3 Å². The van der Waals surface area contributed by atoms with Crippen molar-refractivity contribution >= 4 is 34.9 Å². The van der Waals surface area contributed by atoms with Crippen molar-refractivity contribution < 1.29 is 23.9 Å². The molecule has 3 amide bonds. The summed E-state index contributed by atoms with van der Waals surface area (Å²) in [6.45, 7) is 5.74. The van der Waals surface area contributed by atoms with Crippen LogP contribution in [0.15, 0.2) is 29.2 Å². The van der Waals surface area contributed by atoms with E-state index in [4.69, 9.17) is 9.47 Å². The number of hydrogen-bond donors (Lipinski definition) is 0. The maximum absolute atomic E-state index is 12.6. The summed E-state index contributed by atoms with van der Waals surface area (Å²) in [7, 11) is 0. The Morgan fingerprint density at radius 2 is 1.93 bits per heavy atom. The van der Waals surface area contributed by atoms with Crippen molar-refractivity contribution in [3.05, 3.63) is 34.7 Å². The molecule has 0 saturated carbocycles. The molecule has 28 heavy (non-hydrogen) atoms. The van der Waals surface area contributed by atoms with Gasteiger partial charge < -0.3 is 14.4 Å². The number of imide groups is 1. The lowest BCUT2D eigenvalue weighted by Crippen LogP contribution is -2.46. The average Bonchev–Trinajstić information content (AvgIpc) is 2.97.